The molecule has 1 N–H and O–H groups in total. The monoisotopic (exact) mass is 251 g/mol. The second kappa shape index (κ2) is 9.48. The molecule has 0 fully saturated rings. The van der Waals surface area contributed by atoms with E-state index in [4.69, 9.17) is 9.47 Å². The molecule has 0 saturated heterocycles. The average molecular weight is 251 g/mol. The number of carbonyl (C=O) groups excluding carboxylic acids is 1. The van der Waals surface area contributed by atoms with Crippen LogP contribution in [-0.2, 0) is 4.74 Å². The smallest absolute Gasteiger partial charge is 0.410 e. The van der Waals surface area contributed by atoms with Crippen molar-refractivity contribution in [2.45, 2.75) is 26.2 Å². The molecule has 0 saturated carbocycles. The highest BCUT2D eigenvalue weighted by atomic mass is 16.6. The van der Waals surface area contributed by atoms with Gasteiger partial charge in [-0.1, -0.05) is 31.5 Å². The number of hydrogen-bond acceptors (Lipinski definition) is 3. The summed E-state index contributed by atoms with van der Waals surface area (Å²) in [5.74, 6) is 0.550. The van der Waals surface area contributed by atoms with Crippen molar-refractivity contribution in [1.82, 2.24) is 5.32 Å². The predicted octanol–water partition coefficient (Wildman–Crippen LogP) is 2.98. The fourth-order valence-corrected chi connectivity index (χ4v) is 1.34. The molecular weight excluding hydrogens is 230 g/mol. The summed E-state index contributed by atoms with van der Waals surface area (Å²) in [4.78, 5) is 11.4. The molecule has 4 heteroatoms. The van der Waals surface area contributed by atoms with E-state index in [1.165, 1.54) is 0 Å². The molecule has 1 amide bonds. The van der Waals surface area contributed by atoms with Gasteiger partial charge in [0.25, 0.3) is 0 Å². The van der Waals surface area contributed by atoms with E-state index in [1.54, 1.807) is 12.1 Å². The van der Waals surface area contributed by atoms with Crippen molar-refractivity contribution in [3.63, 3.8) is 0 Å². The third-order valence-corrected chi connectivity index (χ3v) is 2.33. The molecule has 18 heavy (non-hydrogen) atoms. The van der Waals surface area contributed by atoms with Gasteiger partial charge < -0.3 is 14.8 Å². The Morgan fingerprint density at radius 1 is 1.17 bits per heavy atom. The molecular formula is C14H21NO3. The lowest BCUT2D eigenvalue weighted by molar-refractivity contribution is 0.128. The maximum Gasteiger partial charge on any atom is 0.412 e. The fraction of sp³-hybridized carbons (Fsp3) is 0.500. The quantitative estimate of drug-likeness (QED) is 0.722. The van der Waals surface area contributed by atoms with E-state index < -0.39 is 6.09 Å². The van der Waals surface area contributed by atoms with Gasteiger partial charge in [0, 0.05) is 19.8 Å². The number of unbranched alkanes of at least 4 members (excludes halogenated alkanes) is 1. The largest absolute Gasteiger partial charge is 0.412 e. The number of carbonyl (C=O) groups is 1. The fourth-order valence-electron chi connectivity index (χ4n) is 1.34. The molecule has 0 atom stereocenters. The Labute approximate surface area is 108 Å². The number of rotatable bonds is 8. The van der Waals surface area contributed by atoms with Crippen LogP contribution in [0.3, 0.4) is 0 Å². The number of ether oxygens (including phenoxy) is 2. The number of para-hydroxylation sites is 1. The SMILES string of the molecule is CCCCOCCCNC(=O)Oc1ccccc1. The van der Waals surface area contributed by atoms with Gasteiger partial charge in [-0.15, -0.1) is 0 Å². The number of hydrogen-bond donors (Lipinski definition) is 1. The first-order chi connectivity index (χ1) is 8.83. The number of benzene rings is 1. The van der Waals surface area contributed by atoms with E-state index >= 15 is 0 Å². The molecule has 0 aromatic heterocycles. The molecule has 0 spiro atoms. The van der Waals surface area contributed by atoms with Gasteiger partial charge in [0.2, 0.25) is 0 Å². The topological polar surface area (TPSA) is 47.6 Å². The van der Waals surface area contributed by atoms with Crippen LogP contribution in [0.25, 0.3) is 0 Å². The van der Waals surface area contributed by atoms with Crippen molar-refractivity contribution in [2.24, 2.45) is 0 Å². The summed E-state index contributed by atoms with van der Waals surface area (Å²) < 4.78 is 10.5. The maximum atomic E-state index is 11.4. The van der Waals surface area contributed by atoms with E-state index in [2.05, 4.69) is 12.2 Å². The van der Waals surface area contributed by atoms with Crippen molar-refractivity contribution in [1.29, 1.82) is 0 Å². The zero-order chi connectivity index (χ0) is 13.1. The molecule has 0 unspecified atom stereocenters. The van der Waals surface area contributed by atoms with Gasteiger partial charge in [-0.2, -0.15) is 0 Å². The second-order valence-corrected chi connectivity index (χ2v) is 3.95. The van der Waals surface area contributed by atoms with Gasteiger partial charge in [-0.3, -0.25) is 0 Å². The average Bonchev–Trinajstić information content (AvgIpc) is 2.39. The van der Waals surface area contributed by atoms with E-state index in [0.717, 1.165) is 25.9 Å². The summed E-state index contributed by atoms with van der Waals surface area (Å²) >= 11 is 0. The minimum Gasteiger partial charge on any atom is -0.410 e. The minimum atomic E-state index is -0.422. The molecule has 100 valence electrons. The van der Waals surface area contributed by atoms with Crippen LogP contribution in [0.5, 0.6) is 5.75 Å². The Balaban J connectivity index is 2.00. The van der Waals surface area contributed by atoms with Gasteiger partial charge in [0.15, 0.2) is 0 Å². The van der Waals surface area contributed by atoms with E-state index in [1.807, 2.05) is 18.2 Å². The van der Waals surface area contributed by atoms with Crippen LogP contribution in [0, 0.1) is 0 Å². The summed E-state index contributed by atoms with van der Waals surface area (Å²) in [5.41, 5.74) is 0. The summed E-state index contributed by atoms with van der Waals surface area (Å²) in [6, 6.07) is 9.01. The lowest BCUT2D eigenvalue weighted by Gasteiger charge is -2.06. The van der Waals surface area contributed by atoms with Crippen molar-refractivity contribution < 1.29 is 14.3 Å². The first kappa shape index (κ1) is 14.5. The molecule has 0 bridgehead atoms. The molecule has 1 rings (SSSR count). The normalized spacial score (nSPS) is 10.1. The van der Waals surface area contributed by atoms with E-state index in [-0.39, 0.29) is 0 Å². The first-order valence-electron chi connectivity index (χ1n) is 6.41. The highest BCUT2D eigenvalue weighted by Crippen LogP contribution is 2.07. The third-order valence-electron chi connectivity index (χ3n) is 2.33. The van der Waals surface area contributed by atoms with Crippen LogP contribution in [-0.4, -0.2) is 25.9 Å². The third kappa shape index (κ3) is 6.91. The zero-order valence-corrected chi connectivity index (χ0v) is 10.9. The standard InChI is InChI=1S/C14H21NO3/c1-2-3-11-17-12-7-10-15-14(16)18-13-8-5-4-6-9-13/h4-6,8-9H,2-3,7,10-12H2,1H3,(H,15,16). The van der Waals surface area contributed by atoms with Crippen LogP contribution in [0.15, 0.2) is 30.3 Å². The Kier molecular flexibility index (Phi) is 7.64. The summed E-state index contributed by atoms with van der Waals surface area (Å²) in [6.45, 7) is 4.17. The number of amides is 1. The molecule has 0 aliphatic heterocycles. The van der Waals surface area contributed by atoms with E-state index in [0.29, 0.717) is 18.9 Å². The van der Waals surface area contributed by atoms with Crippen LogP contribution in [0.1, 0.15) is 26.2 Å². The van der Waals surface area contributed by atoms with E-state index in [9.17, 15) is 4.79 Å². The molecule has 4 nitrogen and oxygen atoms in total. The molecule has 0 aliphatic carbocycles. The van der Waals surface area contributed by atoms with Crippen molar-refractivity contribution >= 4 is 6.09 Å². The lowest BCUT2D eigenvalue weighted by Crippen LogP contribution is -2.28. The second-order valence-electron chi connectivity index (χ2n) is 3.95. The van der Waals surface area contributed by atoms with Crippen LogP contribution in [0.2, 0.25) is 0 Å². The first-order valence-corrected chi connectivity index (χ1v) is 6.41. The van der Waals surface area contributed by atoms with Gasteiger partial charge in [0.05, 0.1) is 0 Å². The van der Waals surface area contributed by atoms with Crippen molar-refractivity contribution in [3.05, 3.63) is 30.3 Å². The van der Waals surface area contributed by atoms with Crippen molar-refractivity contribution in [2.75, 3.05) is 19.8 Å². The van der Waals surface area contributed by atoms with Crippen molar-refractivity contribution in [3.8, 4) is 5.75 Å². The number of nitrogens with one attached hydrogen (secondary N) is 1. The van der Waals surface area contributed by atoms with Crippen LogP contribution in [0.4, 0.5) is 4.79 Å². The van der Waals surface area contributed by atoms with Gasteiger partial charge in [-0.25, -0.2) is 4.79 Å². The van der Waals surface area contributed by atoms with Gasteiger partial charge in [-0.05, 0) is 25.0 Å². The maximum absolute atomic E-state index is 11.4. The lowest BCUT2D eigenvalue weighted by atomic mass is 10.3. The Morgan fingerprint density at radius 3 is 2.61 bits per heavy atom. The zero-order valence-electron chi connectivity index (χ0n) is 10.9. The Bertz CT molecular complexity index is 327. The molecule has 0 aliphatic rings. The minimum absolute atomic E-state index is 0.422. The van der Waals surface area contributed by atoms with Gasteiger partial charge >= 0.3 is 6.09 Å². The van der Waals surface area contributed by atoms with Crippen LogP contribution < -0.4 is 10.1 Å². The summed E-state index contributed by atoms with van der Waals surface area (Å²) in [6.07, 6.45) is 2.61. The highest BCUT2D eigenvalue weighted by Gasteiger charge is 2.02. The Morgan fingerprint density at radius 2 is 1.89 bits per heavy atom. The molecule has 0 radical (unpaired) electrons. The molecule has 0 heterocycles. The molecule has 1 aromatic carbocycles. The Hall–Kier alpha value is -1.55. The molecule has 1 aromatic rings. The summed E-state index contributed by atoms with van der Waals surface area (Å²) in [5, 5.41) is 2.68. The van der Waals surface area contributed by atoms with Crippen LogP contribution >= 0.6 is 0 Å². The highest BCUT2D eigenvalue weighted by molar-refractivity contribution is 5.70. The van der Waals surface area contributed by atoms with Gasteiger partial charge in [0.1, 0.15) is 5.75 Å². The predicted molar refractivity (Wildman–Crippen MR) is 70.8 cm³/mol. The summed E-state index contributed by atoms with van der Waals surface area (Å²) in [7, 11) is 0.